The Balaban J connectivity index is 3.03. The molecule has 0 radical (unpaired) electrons. The van der Waals surface area contributed by atoms with Gasteiger partial charge in [-0.3, -0.25) is 33.8 Å². The molecule has 0 bridgehead atoms. The van der Waals surface area contributed by atoms with E-state index in [1.807, 2.05) is 0 Å². The molecule has 15 N–H and O–H groups in total. The predicted molar refractivity (Wildman–Crippen MR) is 178 cm³/mol. The summed E-state index contributed by atoms with van der Waals surface area (Å²) in [5, 5.41) is 49.0. The van der Waals surface area contributed by atoms with E-state index >= 15 is 0 Å². The number of hydrogen-bond acceptors (Lipinski definition) is 11. The van der Waals surface area contributed by atoms with Crippen molar-refractivity contribution in [1.82, 2.24) is 26.6 Å². The Morgan fingerprint density at radius 2 is 1.38 bits per heavy atom. The van der Waals surface area contributed by atoms with E-state index in [1.54, 1.807) is 0 Å². The van der Waals surface area contributed by atoms with Gasteiger partial charge in [0.25, 0.3) is 0 Å². The number of aliphatic imine (C=N–C) groups is 1. The standard InChI is InChI=1S/C29H46BN9O11/c1-15(13-30(49)50)24(43)35-14-23(42)37-19(4-3-11-34-29(32)33)27(46)38-20(9-10-22(31)41)26(45)36-16(2)25(44)39-21(28(47)48)12-17-5-7-18(40)8-6-17/h5-8,15-16,19-21,40,49-50H,3-4,9-14H2,1-2H3,(H2,31,41)(H,35,43)(H,36,45)(H,37,42)(H,38,46)(H,39,44)(H,47,48)(H4,32,33,34)/t15?,16-,19-,20-,21-/m0/s1. The molecule has 0 spiro atoms. The summed E-state index contributed by atoms with van der Waals surface area (Å²) in [5.74, 6) is -7.39. The van der Waals surface area contributed by atoms with Gasteiger partial charge in [-0.2, -0.15) is 0 Å². The van der Waals surface area contributed by atoms with Gasteiger partial charge in [0, 0.05) is 25.3 Å². The number of primary amides is 1. The highest BCUT2D eigenvalue weighted by molar-refractivity contribution is 6.41. The maximum Gasteiger partial charge on any atom is 0.452 e. The van der Waals surface area contributed by atoms with E-state index in [1.165, 1.54) is 38.1 Å². The molecule has 1 aromatic carbocycles. The van der Waals surface area contributed by atoms with Gasteiger partial charge in [0.2, 0.25) is 35.4 Å². The first-order valence-electron chi connectivity index (χ1n) is 15.6. The average molecular weight is 708 g/mol. The van der Waals surface area contributed by atoms with Crippen LogP contribution in [0.1, 0.15) is 45.1 Å². The van der Waals surface area contributed by atoms with Crippen molar-refractivity contribution in [3.05, 3.63) is 29.8 Å². The van der Waals surface area contributed by atoms with E-state index in [9.17, 15) is 43.8 Å². The maximum absolute atomic E-state index is 13.4. The fourth-order valence-electron chi connectivity index (χ4n) is 4.35. The first-order valence-corrected chi connectivity index (χ1v) is 15.6. The van der Waals surface area contributed by atoms with Crippen LogP contribution in [0.15, 0.2) is 29.3 Å². The lowest BCUT2D eigenvalue weighted by molar-refractivity contribution is -0.142. The molecule has 5 atom stereocenters. The van der Waals surface area contributed by atoms with Crippen LogP contribution in [0.4, 0.5) is 0 Å². The Hall–Kier alpha value is -5.44. The SMILES string of the molecule is CC(CB(O)O)C(=O)NCC(=O)N[C@@H](CCCN=C(N)N)C(=O)N[C@@H](CCC(N)=O)C(=O)N[C@@H](C)C(=O)N[C@@H](Cc1ccc(O)cc1)C(=O)O. The summed E-state index contributed by atoms with van der Waals surface area (Å²) in [6.45, 7) is 2.17. The molecule has 0 aromatic heterocycles. The number of nitrogens with two attached hydrogens (primary N) is 3. The van der Waals surface area contributed by atoms with Gasteiger partial charge in [-0.05, 0) is 50.2 Å². The molecule has 0 aliphatic carbocycles. The van der Waals surface area contributed by atoms with Crippen molar-refractivity contribution in [3.63, 3.8) is 0 Å². The number of nitrogens with zero attached hydrogens (tertiary/aromatic N) is 1. The number of carbonyl (C=O) groups is 7. The summed E-state index contributed by atoms with van der Waals surface area (Å²) >= 11 is 0. The summed E-state index contributed by atoms with van der Waals surface area (Å²) in [6.07, 6.45) is -0.948. The number of rotatable bonds is 22. The number of phenolic OH excluding ortho intramolecular Hbond substituents is 1. The van der Waals surface area contributed by atoms with Crippen LogP contribution in [0, 0.1) is 5.92 Å². The van der Waals surface area contributed by atoms with Crippen LogP contribution in [-0.2, 0) is 40.0 Å². The van der Waals surface area contributed by atoms with Gasteiger partial charge in [0.15, 0.2) is 5.96 Å². The lowest BCUT2D eigenvalue weighted by Crippen LogP contribution is -2.57. The van der Waals surface area contributed by atoms with E-state index in [0.717, 1.165) is 0 Å². The Morgan fingerprint density at radius 3 is 1.94 bits per heavy atom. The molecule has 50 heavy (non-hydrogen) atoms. The van der Waals surface area contributed by atoms with Crippen molar-refractivity contribution in [3.8, 4) is 5.75 Å². The third-order valence-electron chi connectivity index (χ3n) is 7.09. The Labute approximate surface area is 288 Å². The molecule has 0 saturated carbocycles. The largest absolute Gasteiger partial charge is 0.508 e. The number of amides is 6. The number of hydrogen-bond donors (Lipinski definition) is 12. The van der Waals surface area contributed by atoms with Crippen molar-refractivity contribution in [2.45, 2.75) is 76.4 Å². The highest BCUT2D eigenvalue weighted by atomic mass is 16.4. The second-order valence-corrected chi connectivity index (χ2v) is 11.5. The normalized spacial score (nSPS) is 13.6. The number of phenols is 1. The minimum Gasteiger partial charge on any atom is -0.508 e. The topological polar surface area (TPSA) is 351 Å². The molecular weight excluding hydrogens is 661 g/mol. The van der Waals surface area contributed by atoms with Crippen LogP contribution in [0.25, 0.3) is 0 Å². The Kier molecular flexibility index (Phi) is 18.3. The Bertz CT molecular complexity index is 1370. The fourth-order valence-corrected chi connectivity index (χ4v) is 4.35. The number of guanidine groups is 1. The third-order valence-corrected chi connectivity index (χ3v) is 7.09. The number of benzene rings is 1. The predicted octanol–water partition coefficient (Wildman–Crippen LogP) is -4.48. The second-order valence-electron chi connectivity index (χ2n) is 11.5. The van der Waals surface area contributed by atoms with Gasteiger partial charge in [-0.1, -0.05) is 19.1 Å². The number of carbonyl (C=O) groups excluding carboxylic acids is 6. The summed E-state index contributed by atoms with van der Waals surface area (Å²) in [4.78, 5) is 91.4. The average Bonchev–Trinajstić information content (AvgIpc) is 3.02. The number of carboxylic acids is 1. The van der Waals surface area contributed by atoms with E-state index < -0.39 is 85.2 Å². The van der Waals surface area contributed by atoms with Gasteiger partial charge in [-0.25, -0.2) is 4.79 Å². The van der Waals surface area contributed by atoms with Crippen LogP contribution in [0.5, 0.6) is 5.75 Å². The molecule has 21 heteroatoms. The molecule has 0 fully saturated rings. The molecule has 0 heterocycles. The highest BCUT2D eigenvalue weighted by Crippen LogP contribution is 2.12. The van der Waals surface area contributed by atoms with Crippen LogP contribution in [0.2, 0.25) is 6.32 Å². The third kappa shape index (κ3) is 17.1. The fraction of sp³-hybridized carbons (Fsp3) is 0.517. The second kappa shape index (κ2) is 21.5. The molecule has 0 aliphatic rings. The zero-order valence-electron chi connectivity index (χ0n) is 27.8. The number of nitrogens with one attached hydrogen (secondary N) is 5. The monoisotopic (exact) mass is 707 g/mol. The lowest BCUT2D eigenvalue weighted by Gasteiger charge is -2.25. The van der Waals surface area contributed by atoms with Crippen molar-refractivity contribution in [1.29, 1.82) is 0 Å². The number of carboxylic acid groups (broad SMARTS) is 1. The zero-order valence-corrected chi connectivity index (χ0v) is 27.8. The van der Waals surface area contributed by atoms with Crippen molar-refractivity contribution in [2.24, 2.45) is 28.1 Å². The minimum atomic E-state index is -1.74. The first kappa shape index (κ1) is 42.6. The van der Waals surface area contributed by atoms with Gasteiger partial charge in [0.05, 0.1) is 6.54 Å². The van der Waals surface area contributed by atoms with Gasteiger partial charge in [0.1, 0.15) is 29.9 Å². The highest BCUT2D eigenvalue weighted by Gasteiger charge is 2.30. The smallest absolute Gasteiger partial charge is 0.452 e. The molecule has 0 saturated heterocycles. The summed E-state index contributed by atoms with van der Waals surface area (Å²) < 4.78 is 0. The van der Waals surface area contributed by atoms with Crippen LogP contribution in [-0.4, -0.2) is 112 Å². The van der Waals surface area contributed by atoms with E-state index in [4.69, 9.17) is 27.2 Å². The molecule has 1 rings (SSSR count). The number of aromatic hydroxyl groups is 1. The lowest BCUT2D eigenvalue weighted by atomic mass is 9.79. The molecular formula is C29H46BN9O11. The van der Waals surface area contributed by atoms with E-state index in [-0.39, 0.29) is 56.7 Å². The van der Waals surface area contributed by atoms with Gasteiger partial charge in [-0.15, -0.1) is 0 Å². The van der Waals surface area contributed by atoms with Crippen LogP contribution < -0.4 is 43.8 Å². The minimum absolute atomic E-state index is 0.0331. The molecule has 1 aromatic rings. The molecule has 276 valence electrons. The quantitative estimate of drug-likeness (QED) is 0.0234. The van der Waals surface area contributed by atoms with E-state index in [2.05, 4.69) is 31.6 Å². The summed E-state index contributed by atoms with van der Waals surface area (Å²) in [7, 11) is -1.74. The molecule has 20 nitrogen and oxygen atoms in total. The zero-order chi connectivity index (χ0) is 38.0. The van der Waals surface area contributed by atoms with Crippen LogP contribution >= 0.6 is 0 Å². The van der Waals surface area contributed by atoms with Gasteiger partial charge >= 0.3 is 13.1 Å². The van der Waals surface area contributed by atoms with Crippen molar-refractivity contribution in [2.75, 3.05) is 13.1 Å². The van der Waals surface area contributed by atoms with Crippen molar-refractivity contribution >= 4 is 54.5 Å². The summed E-state index contributed by atoms with van der Waals surface area (Å²) in [5.41, 5.74) is 16.4. The van der Waals surface area contributed by atoms with Crippen molar-refractivity contribution < 1.29 is 53.8 Å². The molecule has 0 aliphatic heterocycles. The van der Waals surface area contributed by atoms with Gasteiger partial charge < -0.3 is 64.0 Å². The summed E-state index contributed by atoms with van der Waals surface area (Å²) in [6, 6.07) is 0.211. The molecule has 6 amide bonds. The number of aliphatic carboxylic acids is 1. The maximum atomic E-state index is 13.4. The first-order chi connectivity index (χ1) is 23.4. The Morgan fingerprint density at radius 1 is 0.800 bits per heavy atom. The molecule has 1 unspecified atom stereocenters. The van der Waals surface area contributed by atoms with E-state index in [0.29, 0.717) is 5.56 Å². The van der Waals surface area contributed by atoms with Crippen LogP contribution in [0.3, 0.4) is 0 Å².